The molecule has 1 heterocycles. The smallest absolute Gasteiger partial charge is 0.244 e. The summed E-state index contributed by atoms with van der Waals surface area (Å²) in [5, 5.41) is 3.78. The van der Waals surface area contributed by atoms with E-state index in [1.807, 2.05) is 18.2 Å². The van der Waals surface area contributed by atoms with E-state index in [0.29, 0.717) is 12.2 Å². The monoisotopic (exact) mass is 341 g/mol. The zero-order chi connectivity index (χ0) is 16.8. The van der Waals surface area contributed by atoms with Crippen LogP contribution in [0.3, 0.4) is 0 Å². The van der Waals surface area contributed by atoms with Gasteiger partial charge in [0.1, 0.15) is 0 Å². The fourth-order valence-electron chi connectivity index (χ4n) is 3.31. The average molecular weight is 342 g/mol. The van der Waals surface area contributed by atoms with Crippen molar-refractivity contribution in [3.05, 3.63) is 65.2 Å². The number of benzene rings is 1. The number of carbonyl (C=O) groups excluding carboxylic acids is 1. The highest BCUT2D eigenvalue weighted by atomic mass is 35.5. The summed E-state index contributed by atoms with van der Waals surface area (Å²) in [5.74, 6) is -0.117. The van der Waals surface area contributed by atoms with E-state index in [1.54, 1.807) is 24.7 Å². The van der Waals surface area contributed by atoms with E-state index in [0.717, 1.165) is 17.9 Å². The summed E-state index contributed by atoms with van der Waals surface area (Å²) >= 11 is 6.15. The summed E-state index contributed by atoms with van der Waals surface area (Å²) in [5.41, 5.74) is 1.87. The van der Waals surface area contributed by atoms with Crippen LogP contribution in [0.15, 0.2) is 48.9 Å². The quantitative estimate of drug-likeness (QED) is 0.842. The Kier molecular flexibility index (Phi) is 5.26. The zero-order valence-electron chi connectivity index (χ0n) is 13.4. The number of carbonyl (C=O) groups is 1. The van der Waals surface area contributed by atoms with Crippen molar-refractivity contribution in [2.45, 2.75) is 31.1 Å². The SMILES string of the molecule is O=C(C=Cc1cnccn1)NCC1(c2cccc(Cl)c2)CCCC1. The molecule has 2 aromatic rings. The van der Waals surface area contributed by atoms with Gasteiger partial charge in [0.25, 0.3) is 0 Å². The molecule has 0 atom stereocenters. The van der Waals surface area contributed by atoms with Crippen LogP contribution in [0.1, 0.15) is 36.9 Å². The molecule has 0 unspecified atom stereocenters. The van der Waals surface area contributed by atoms with E-state index < -0.39 is 0 Å². The van der Waals surface area contributed by atoms with Gasteiger partial charge in [0.05, 0.1) is 11.9 Å². The predicted molar refractivity (Wildman–Crippen MR) is 95.7 cm³/mol. The van der Waals surface area contributed by atoms with Gasteiger partial charge >= 0.3 is 0 Å². The van der Waals surface area contributed by atoms with Gasteiger partial charge in [-0.2, -0.15) is 0 Å². The molecule has 1 aliphatic carbocycles. The highest BCUT2D eigenvalue weighted by molar-refractivity contribution is 6.30. The minimum Gasteiger partial charge on any atom is -0.352 e. The molecular formula is C19H20ClN3O. The molecule has 1 amide bonds. The van der Waals surface area contributed by atoms with Crippen LogP contribution in [0.2, 0.25) is 5.02 Å². The van der Waals surface area contributed by atoms with Crippen molar-refractivity contribution in [1.29, 1.82) is 0 Å². The first kappa shape index (κ1) is 16.7. The van der Waals surface area contributed by atoms with Crippen LogP contribution >= 0.6 is 11.6 Å². The van der Waals surface area contributed by atoms with Gasteiger partial charge in [-0.25, -0.2) is 0 Å². The molecule has 1 aromatic heterocycles. The minimum absolute atomic E-state index is 0.0129. The molecule has 124 valence electrons. The lowest BCUT2D eigenvalue weighted by molar-refractivity contribution is -0.116. The predicted octanol–water partition coefficient (Wildman–Crippen LogP) is 3.77. The van der Waals surface area contributed by atoms with Crippen molar-refractivity contribution in [3.8, 4) is 0 Å². The topological polar surface area (TPSA) is 54.9 Å². The van der Waals surface area contributed by atoms with Crippen molar-refractivity contribution in [3.63, 3.8) is 0 Å². The summed E-state index contributed by atoms with van der Waals surface area (Å²) in [6.07, 6.45) is 12.5. The van der Waals surface area contributed by atoms with Gasteiger partial charge in [0.15, 0.2) is 0 Å². The van der Waals surface area contributed by atoms with E-state index >= 15 is 0 Å². The normalized spacial score (nSPS) is 16.4. The second kappa shape index (κ2) is 7.58. The first-order chi connectivity index (χ1) is 11.7. The van der Waals surface area contributed by atoms with Crippen molar-refractivity contribution in [2.75, 3.05) is 6.54 Å². The van der Waals surface area contributed by atoms with Crippen molar-refractivity contribution in [1.82, 2.24) is 15.3 Å². The number of amides is 1. The zero-order valence-corrected chi connectivity index (χ0v) is 14.2. The van der Waals surface area contributed by atoms with E-state index in [-0.39, 0.29) is 11.3 Å². The van der Waals surface area contributed by atoms with Crippen LogP contribution in [0, 0.1) is 0 Å². The van der Waals surface area contributed by atoms with Gasteiger partial charge in [0, 0.05) is 35.5 Å². The molecule has 24 heavy (non-hydrogen) atoms. The molecule has 5 heteroatoms. The summed E-state index contributed by atoms with van der Waals surface area (Å²) in [7, 11) is 0. The third-order valence-electron chi connectivity index (χ3n) is 4.59. The Morgan fingerprint density at radius 1 is 1.29 bits per heavy atom. The molecule has 0 bridgehead atoms. The van der Waals surface area contributed by atoms with Gasteiger partial charge in [0.2, 0.25) is 5.91 Å². The number of nitrogens with zero attached hydrogens (tertiary/aromatic N) is 2. The maximum absolute atomic E-state index is 12.1. The molecule has 0 radical (unpaired) electrons. The van der Waals surface area contributed by atoms with Gasteiger partial charge in [-0.15, -0.1) is 0 Å². The van der Waals surface area contributed by atoms with Gasteiger partial charge < -0.3 is 5.32 Å². The first-order valence-corrected chi connectivity index (χ1v) is 8.54. The third-order valence-corrected chi connectivity index (χ3v) is 4.82. The van der Waals surface area contributed by atoms with Crippen LogP contribution in [0.5, 0.6) is 0 Å². The van der Waals surface area contributed by atoms with Crippen molar-refractivity contribution in [2.24, 2.45) is 0 Å². The van der Waals surface area contributed by atoms with Crippen LogP contribution in [0.25, 0.3) is 6.08 Å². The lowest BCUT2D eigenvalue weighted by Gasteiger charge is -2.30. The molecule has 1 aromatic carbocycles. The lowest BCUT2D eigenvalue weighted by atomic mass is 9.79. The fourth-order valence-corrected chi connectivity index (χ4v) is 3.50. The van der Waals surface area contributed by atoms with E-state index in [1.165, 1.54) is 24.5 Å². The van der Waals surface area contributed by atoms with Crippen molar-refractivity contribution >= 4 is 23.6 Å². The minimum atomic E-state index is -0.117. The Morgan fingerprint density at radius 2 is 2.12 bits per heavy atom. The molecule has 1 aliphatic rings. The largest absolute Gasteiger partial charge is 0.352 e. The molecule has 4 nitrogen and oxygen atoms in total. The maximum Gasteiger partial charge on any atom is 0.244 e. The van der Waals surface area contributed by atoms with Gasteiger partial charge in [-0.05, 0) is 36.6 Å². The van der Waals surface area contributed by atoms with Crippen LogP contribution in [-0.4, -0.2) is 22.4 Å². The van der Waals surface area contributed by atoms with Crippen LogP contribution < -0.4 is 5.32 Å². The first-order valence-electron chi connectivity index (χ1n) is 8.16. The number of nitrogens with one attached hydrogen (secondary N) is 1. The molecule has 0 saturated heterocycles. The van der Waals surface area contributed by atoms with Gasteiger partial charge in [-0.3, -0.25) is 14.8 Å². The number of aromatic nitrogens is 2. The number of halogens is 1. The molecule has 1 saturated carbocycles. The number of hydrogen-bond donors (Lipinski definition) is 1. The molecule has 0 spiro atoms. The van der Waals surface area contributed by atoms with Crippen LogP contribution in [0.4, 0.5) is 0 Å². The lowest BCUT2D eigenvalue weighted by Crippen LogP contribution is -2.38. The van der Waals surface area contributed by atoms with Crippen LogP contribution in [-0.2, 0) is 10.2 Å². The highest BCUT2D eigenvalue weighted by Crippen LogP contribution is 2.41. The molecule has 0 aliphatic heterocycles. The Balaban J connectivity index is 1.66. The Morgan fingerprint density at radius 3 is 2.83 bits per heavy atom. The molecule has 1 N–H and O–H groups in total. The van der Waals surface area contributed by atoms with Crippen molar-refractivity contribution < 1.29 is 4.79 Å². The summed E-state index contributed by atoms with van der Waals surface area (Å²) in [6, 6.07) is 8.00. The second-order valence-electron chi connectivity index (χ2n) is 6.18. The third kappa shape index (κ3) is 4.01. The highest BCUT2D eigenvalue weighted by Gasteiger charge is 2.35. The van der Waals surface area contributed by atoms with E-state index in [9.17, 15) is 4.79 Å². The van der Waals surface area contributed by atoms with E-state index in [4.69, 9.17) is 11.6 Å². The summed E-state index contributed by atoms with van der Waals surface area (Å²) in [4.78, 5) is 20.2. The second-order valence-corrected chi connectivity index (χ2v) is 6.62. The number of rotatable bonds is 5. The summed E-state index contributed by atoms with van der Waals surface area (Å²) < 4.78 is 0. The molecular weight excluding hydrogens is 322 g/mol. The fraction of sp³-hybridized carbons (Fsp3) is 0.316. The average Bonchev–Trinajstić information content (AvgIpc) is 3.09. The number of hydrogen-bond acceptors (Lipinski definition) is 3. The standard InChI is InChI=1S/C19H20ClN3O/c20-16-5-3-4-15(12-16)19(8-1-2-9-19)14-23-18(24)7-6-17-13-21-10-11-22-17/h3-7,10-13H,1-2,8-9,14H2,(H,23,24). The van der Waals surface area contributed by atoms with Gasteiger partial charge in [-0.1, -0.05) is 36.6 Å². The maximum atomic E-state index is 12.1. The Labute approximate surface area is 147 Å². The molecule has 1 fully saturated rings. The Hall–Kier alpha value is -2.20. The van der Waals surface area contributed by atoms with E-state index in [2.05, 4.69) is 21.4 Å². The summed E-state index contributed by atoms with van der Waals surface area (Å²) in [6.45, 7) is 0.622. The molecule has 3 rings (SSSR count). The Bertz CT molecular complexity index is 724.